The van der Waals surface area contributed by atoms with Crippen LogP contribution in [0.25, 0.3) is 10.2 Å². The molecule has 3 rings (SSSR count). The van der Waals surface area contributed by atoms with Gasteiger partial charge in [-0.2, -0.15) is 0 Å². The van der Waals surface area contributed by atoms with Crippen LogP contribution < -0.4 is 5.32 Å². The molecule has 17 heavy (non-hydrogen) atoms. The Balaban J connectivity index is 1.86. The Morgan fingerprint density at radius 1 is 1.35 bits per heavy atom. The smallest absolute Gasteiger partial charge is 0.0815 e. The predicted molar refractivity (Wildman–Crippen MR) is 72.5 cm³/mol. The van der Waals surface area contributed by atoms with Crippen LogP contribution in [-0.4, -0.2) is 36.1 Å². The van der Waals surface area contributed by atoms with Gasteiger partial charge in [0.25, 0.3) is 0 Å². The van der Waals surface area contributed by atoms with E-state index in [1.807, 2.05) is 5.51 Å². The molecule has 0 radical (unpaired) electrons. The molecule has 0 saturated carbocycles. The summed E-state index contributed by atoms with van der Waals surface area (Å²) in [7, 11) is 0. The zero-order chi connectivity index (χ0) is 11.7. The van der Waals surface area contributed by atoms with Crippen LogP contribution in [0.4, 0.5) is 0 Å². The summed E-state index contributed by atoms with van der Waals surface area (Å²) in [4.78, 5) is 6.93. The summed E-state index contributed by atoms with van der Waals surface area (Å²) in [5.41, 5.74) is 4.43. The first kappa shape index (κ1) is 11.1. The molecule has 0 unspecified atom stereocenters. The van der Waals surface area contributed by atoms with Crippen molar-refractivity contribution < 1.29 is 0 Å². The minimum atomic E-state index is 0.489. The van der Waals surface area contributed by atoms with E-state index in [1.54, 1.807) is 11.3 Å². The van der Waals surface area contributed by atoms with E-state index in [2.05, 4.69) is 40.3 Å². The van der Waals surface area contributed by atoms with Crippen molar-refractivity contribution in [3.05, 3.63) is 29.3 Å². The van der Waals surface area contributed by atoms with Crippen LogP contribution in [0.1, 0.15) is 18.5 Å². The third kappa shape index (κ3) is 2.20. The van der Waals surface area contributed by atoms with Gasteiger partial charge >= 0.3 is 0 Å². The molecule has 1 fully saturated rings. The maximum absolute atomic E-state index is 4.39. The lowest BCUT2D eigenvalue weighted by atomic mass is 10.1. The van der Waals surface area contributed by atoms with Gasteiger partial charge < -0.3 is 5.32 Å². The number of nitrogens with zero attached hydrogens (tertiary/aromatic N) is 2. The first-order valence-electron chi connectivity index (χ1n) is 6.12. The van der Waals surface area contributed by atoms with Crippen LogP contribution in [0.2, 0.25) is 0 Å². The van der Waals surface area contributed by atoms with Crippen molar-refractivity contribution in [3.63, 3.8) is 0 Å². The third-order valence-electron chi connectivity index (χ3n) is 3.54. The van der Waals surface area contributed by atoms with Gasteiger partial charge in [-0.05, 0) is 24.6 Å². The van der Waals surface area contributed by atoms with Crippen molar-refractivity contribution in [2.75, 3.05) is 26.2 Å². The van der Waals surface area contributed by atoms with Crippen LogP contribution in [0, 0.1) is 0 Å². The monoisotopic (exact) mass is 247 g/mol. The Morgan fingerprint density at radius 2 is 2.18 bits per heavy atom. The molecule has 2 aromatic rings. The van der Waals surface area contributed by atoms with Crippen LogP contribution in [0.15, 0.2) is 23.7 Å². The van der Waals surface area contributed by atoms with Crippen molar-refractivity contribution >= 4 is 21.6 Å². The number of benzene rings is 1. The maximum Gasteiger partial charge on any atom is 0.0815 e. The number of fused-ring (bicyclic) bond motifs is 1. The Hall–Kier alpha value is -0.970. The van der Waals surface area contributed by atoms with E-state index in [0.29, 0.717) is 6.04 Å². The van der Waals surface area contributed by atoms with E-state index in [0.717, 1.165) is 31.7 Å². The fourth-order valence-corrected chi connectivity index (χ4v) is 3.07. The molecular weight excluding hydrogens is 230 g/mol. The lowest BCUT2D eigenvalue weighted by molar-refractivity contribution is 0.185. The van der Waals surface area contributed by atoms with Crippen molar-refractivity contribution in [1.82, 2.24) is 15.2 Å². The highest BCUT2D eigenvalue weighted by Gasteiger charge is 2.18. The van der Waals surface area contributed by atoms with Gasteiger partial charge in [0.15, 0.2) is 0 Å². The fraction of sp³-hybridized carbons (Fsp3) is 0.462. The molecule has 90 valence electrons. The summed E-state index contributed by atoms with van der Waals surface area (Å²) in [6.07, 6.45) is 0. The quantitative estimate of drug-likeness (QED) is 0.882. The van der Waals surface area contributed by atoms with E-state index >= 15 is 0 Å². The third-order valence-corrected chi connectivity index (χ3v) is 4.35. The van der Waals surface area contributed by atoms with Gasteiger partial charge in [-0.15, -0.1) is 11.3 Å². The number of rotatable bonds is 2. The Labute approximate surface area is 105 Å². The molecule has 0 amide bonds. The second-order valence-corrected chi connectivity index (χ2v) is 5.43. The minimum absolute atomic E-state index is 0.489. The molecule has 1 atom stereocenters. The number of aromatic nitrogens is 1. The van der Waals surface area contributed by atoms with Crippen LogP contribution in [-0.2, 0) is 0 Å². The lowest BCUT2D eigenvalue weighted by Crippen LogP contribution is -2.44. The average Bonchev–Trinajstić information content (AvgIpc) is 2.86. The lowest BCUT2D eigenvalue weighted by Gasteiger charge is -2.33. The summed E-state index contributed by atoms with van der Waals surface area (Å²) in [5, 5.41) is 3.39. The SMILES string of the molecule is C[C@@H](c1ccc2scnc2c1)N1CCNCC1. The number of piperazine rings is 1. The summed E-state index contributed by atoms with van der Waals surface area (Å²) >= 11 is 1.71. The summed E-state index contributed by atoms with van der Waals surface area (Å²) in [6, 6.07) is 7.16. The standard InChI is InChI=1S/C13H17N3S/c1-10(16-6-4-14-5-7-16)11-2-3-13-12(8-11)15-9-17-13/h2-3,8-10,14H,4-7H2,1H3/t10-/m0/s1. The number of hydrogen-bond donors (Lipinski definition) is 1. The zero-order valence-electron chi connectivity index (χ0n) is 10.0. The average molecular weight is 247 g/mol. The highest BCUT2D eigenvalue weighted by molar-refractivity contribution is 7.16. The second-order valence-electron chi connectivity index (χ2n) is 4.54. The minimum Gasteiger partial charge on any atom is -0.314 e. The van der Waals surface area contributed by atoms with E-state index < -0.39 is 0 Å². The van der Waals surface area contributed by atoms with E-state index in [1.165, 1.54) is 10.3 Å². The van der Waals surface area contributed by atoms with Crippen molar-refractivity contribution in [1.29, 1.82) is 0 Å². The van der Waals surface area contributed by atoms with Gasteiger partial charge in [0.05, 0.1) is 15.7 Å². The topological polar surface area (TPSA) is 28.2 Å². The Kier molecular flexibility index (Phi) is 3.09. The Morgan fingerprint density at radius 3 is 3.00 bits per heavy atom. The van der Waals surface area contributed by atoms with Gasteiger partial charge in [0.1, 0.15) is 0 Å². The van der Waals surface area contributed by atoms with Gasteiger partial charge in [-0.25, -0.2) is 4.98 Å². The van der Waals surface area contributed by atoms with Crippen LogP contribution >= 0.6 is 11.3 Å². The summed E-state index contributed by atoms with van der Waals surface area (Å²) < 4.78 is 1.28. The first-order valence-corrected chi connectivity index (χ1v) is 7.00. The number of nitrogens with one attached hydrogen (secondary N) is 1. The van der Waals surface area contributed by atoms with E-state index in [4.69, 9.17) is 0 Å². The maximum atomic E-state index is 4.39. The van der Waals surface area contributed by atoms with Gasteiger partial charge in [-0.3, -0.25) is 4.90 Å². The molecule has 0 spiro atoms. The van der Waals surface area contributed by atoms with Crippen molar-refractivity contribution in [2.45, 2.75) is 13.0 Å². The molecule has 0 bridgehead atoms. The summed E-state index contributed by atoms with van der Waals surface area (Å²) in [6.45, 7) is 6.76. The number of thiazole rings is 1. The predicted octanol–water partition coefficient (Wildman–Crippen LogP) is 2.26. The Bertz CT molecular complexity index is 502. The molecular formula is C13H17N3S. The first-order chi connectivity index (χ1) is 8.34. The highest BCUT2D eigenvalue weighted by atomic mass is 32.1. The van der Waals surface area contributed by atoms with Gasteiger partial charge in [0.2, 0.25) is 0 Å². The number of hydrogen-bond acceptors (Lipinski definition) is 4. The molecule has 3 nitrogen and oxygen atoms in total. The molecule has 1 saturated heterocycles. The molecule has 1 aromatic heterocycles. The van der Waals surface area contributed by atoms with Crippen molar-refractivity contribution in [3.8, 4) is 0 Å². The molecule has 2 heterocycles. The molecule has 1 N–H and O–H groups in total. The van der Waals surface area contributed by atoms with Gasteiger partial charge in [-0.1, -0.05) is 6.07 Å². The summed E-state index contributed by atoms with van der Waals surface area (Å²) in [5.74, 6) is 0. The van der Waals surface area contributed by atoms with E-state index in [9.17, 15) is 0 Å². The van der Waals surface area contributed by atoms with Crippen LogP contribution in [0.3, 0.4) is 0 Å². The normalized spacial score (nSPS) is 19.6. The van der Waals surface area contributed by atoms with Crippen molar-refractivity contribution in [2.24, 2.45) is 0 Å². The second kappa shape index (κ2) is 4.72. The van der Waals surface area contributed by atoms with Crippen LogP contribution in [0.5, 0.6) is 0 Å². The van der Waals surface area contributed by atoms with E-state index in [-0.39, 0.29) is 0 Å². The largest absolute Gasteiger partial charge is 0.314 e. The molecule has 4 heteroatoms. The molecule has 1 aliphatic heterocycles. The highest BCUT2D eigenvalue weighted by Crippen LogP contribution is 2.25. The molecule has 0 aliphatic carbocycles. The van der Waals surface area contributed by atoms with Gasteiger partial charge in [0, 0.05) is 32.2 Å². The fourth-order valence-electron chi connectivity index (χ4n) is 2.41. The molecule has 1 aliphatic rings. The zero-order valence-corrected chi connectivity index (χ0v) is 10.8. The molecule has 1 aromatic carbocycles.